The molecule has 96 valence electrons. The van der Waals surface area contributed by atoms with Crippen LogP contribution < -0.4 is 32.9 Å². The molecule has 0 heterocycles. The lowest BCUT2D eigenvalue weighted by Crippen LogP contribution is -3.00. The van der Waals surface area contributed by atoms with Crippen molar-refractivity contribution in [1.29, 1.82) is 0 Å². The molecule has 0 saturated carbocycles. The van der Waals surface area contributed by atoms with Gasteiger partial charge in [0, 0.05) is 5.56 Å². The SMILES string of the molecule is C[NH2+]Cc1ccc(OCC(N)=O)c(OC)c1.[Cl-]. The summed E-state index contributed by atoms with van der Waals surface area (Å²) in [5, 5.41) is 2.05. The minimum absolute atomic E-state index is 0. The largest absolute Gasteiger partial charge is 1.00 e. The molecule has 6 heteroatoms. The first-order valence-corrected chi connectivity index (χ1v) is 5.03. The van der Waals surface area contributed by atoms with Crippen molar-refractivity contribution in [1.82, 2.24) is 0 Å². The highest BCUT2D eigenvalue weighted by Crippen LogP contribution is 2.27. The van der Waals surface area contributed by atoms with Crippen molar-refractivity contribution in [2.45, 2.75) is 6.54 Å². The van der Waals surface area contributed by atoms with E-state index >= 15 is 0 Å². The third-order valence-electron chi connectivity index (χ3n) is 2.04. The Morgan fingerprint density at radius 3 is 2.65 bits per heavy atom. The highest BCUT2D eigenvalue weighted by atomic mass is 35.5. The summed E-state index contributed by atoms with van der Waals surface area (Å²) in [7, 11) is 3.55. The van der Waals surface area contributed by atoms with Crippen molar-refractivity contribution in [3.63, 3.8) is 0 Å². The first kappa shape index (κ1) is 15.5. The number of hydrogen-bond acceptors (Lipinski definition) is 3. The van der Waals surface area contributed by atoms with Crippen molar-refractivity contribution in [2.24, 2.45) is 5.73 Å². The van der Waals surface area contributed by atoms with Crippen LogP contribution in [-0.4, -0.2) is 26.7 Å². The third kappa shape index (κ3) is 4.93. The zero-order valence-electron chi connectivity index (χ0n) is 9.90. The van der Waals surface area contributed by atoms with Crippen LogP contribution in [0.4, 0.5) is 0 Å². The summed E-state index contributed by atoms with van der Waals surface area (Å²) in [4.78, 5) is 10.6. The van der Waals surface area contributed by atoms with E-state index in [0.717, 1.165) is 12.1 Å². The van der Waals surface area contributed by atoms with E-state index in [2.05, 4.69) is 5.32 Å². The monoisotopic (exact) mass is 260 g/mol. The van der Waals surface area contributed by atoms with Crippen LogP contribution in [-0.2, 0) is 11.3 Å². The summed E-state index contributed by atoms with van der Waals surface area (Å²) in [5.74, 6) is 0.634. The van der Waals surface area contributed by atoms with Crippen molar-refractivity contribution in [2.75, 3.05) is 20.8 Å². The molecule has 0 spiro atoms. The summed E-state index contributed by atoms with van der Waals surface area (Å²) in [5.41, 5.74) is 6.13. The van der Waals surface area contributed by atoms with E-state index in [-0.39, 0.29) is 19.0 Å². The zero-order valence-corrected chi connectivity index (χ0v) is 10.7. The number of halogens is 1. The highest BCUT2D eigenvalue weighted by Gasteiger charge is 2.07. The first-order chi connectivity index (χ1) is 7.67. The Morgan fingerprint density at radius 2 is 2.12 bits per heavy atom. The van der Waals surface area contributed by atoms with E-state index < -0.39 is 5.91 Å². The number of ether oxygens (including phenoxy) is 2. The predicted molar refractivity (Wildman–Crippen MR) is 59.2 cm³/mol. The number of primary amides is 1. The molecule has 4 N–H and O–H groups in total. The molecule has 1 aromatic rings. The van der Waals surface area contributed by atoms with Crippen molar-refractivity contribution < 1.29 is 32.0 Å². The van der Waals surface area contributed by atoms with Crippen molar-refractivity contribution in [3.05, 3.63) is 23.8 Å². The van der Waals surface area contributed by atoms with Gasteiger partial charge in [-0.1, -0.05) is 0 Å². The molecule has 17 heavy (non-hydrogen) atoms. The van der Waals surface area contributed by atoms with Gasteiger partial charge < -0.3 is 32.9 Å². The molecule has 0 aliphatic heterocycles. The van der Waals surface area contributed by atoms with Crippen LogP contribution in [0.2, 0.25) is 0 Å². The Bertz CT molecular complexity index is 372. The Labute approximate surface area is 107 Å². The van der Waals surface area contributed by atoms with Gasteiger partial charge in [0.25, 0.3) is 5.91 Å². The van der Waals surface area contributed by atoms with Crippen LogP contribution >= 0.6 is 0 Å². The Balaban J connectivity index is 0.00000256. The van der Waals surface area contributed by atoms with E-state index in [4.69, 9.17) is 15.2 Å². The van der Waals surface area contributed by atoms with Crippen LogP contribution in [0.15, 0.2) is 18.2 Å². The molecule has 0 saturated heterocycles. The van der Waals surface area contributed by atoms with Gasteiger partial charge in [-0.05, 0) is 18.2 Å². The summed E-state index contributed by atoms with van der Waals surface area (Å²) in [6.45, 7) is 0.724. The average molecular weight is 261 g/mol. The molecular weight excluding hydrogens is 244 g/mol. The molecular formula is C11H17ClN2O3. The fraction of sp³-hybridized carbons (Fsp3) is 0.364. The molecule has 1 rings (SSSR count). The summed E-state index contributed by atoms with van der Waals surface area (Å²) in [6.07, 6.45) is 0. The lowest BCUT2D eigenvalue weighted by Gasteiger charge is -2.10. The minimum atomic E-state index is -0.506. The quantitative estimate of drug-likeness (QED) is 0.552. The number of hydrogen-bond donors (Lipinski definition) is 2. The van der Waals surface area contributed by atoms with Gasteiger partial charge in [-0.25, -0.2) is 0 Å². The van der Waals surface area contributed by atoms with Gasteiger partial charge in [0.05, 0.1) is 14.2 Å². The number of nitrogens with two attached hydrogens (primary N) is 2. The number of methoxy groups -OCH3 is 1. The van der Waals surface area contributed by atoms with Gasteiger partial charge in [-0.15, -0.1) is 0 Å². The number of amides is 1. The molecule has 0 fully saturated rings. The van der Waals surface area contributed by atoms with E-state index in [9.17, 15) is 4.79 Å². The normalized spacial score (nSPS) is 9.29. The van der Waals surface area contributed by atoms with Gasteiger partial charge in [-0.2, -0.15) is 0 Å². The number of rotatable bonds is 6. The summed E-state index contributed by atoms with van der Waals surface area (Å²) >= 11 is 0. The lowest BCUT2D eigenvalue weighted by molar-refractivity contribution is -0.643. The van der Waals surface area contributed by atoms with Gasteiger partial charge >= 0.3 is 0 Å². The molecule has 5 nitrogen and oxygen atoms in total. The highest BCUT2D eigenvalue weighted by molar-refractivity contribution is 5.75. The maximum atomic E-state index is 10.6. The Morgan fingerprint density at radius 1 is 1.41 bits per heavy atom. The second-order valence-electron chi connectivity index (χ2n) is 3.35. The average Bonchev–Trinajstić information content (AvgIpc) is 2.27. The molecule has 0 aromatic heterocycles. The Kier molecular flexibility index (Phi) is 7.09. The maximum Gasteiger partial charge on any atom is 0.255 e. The van der Waals surface area contributed by atoms with E-state index in [0.29, 0.717) is 11.5 Å². The minimum Gasteiger partial charge on any atom is -1.00 e. The van der Waals surface area contributed by atoms with Crippen LogP contribution in [0.25, 0.3) is 0 Å². The molecule has 0 unspecified atom stereocenters. The van der Waals surface area contributed by atoms with Crippen molar-refractivity contribution in [3.8, 4) is 11.5 Å². The van der Waals surface area contributed by atoms with Crippen molar-refractivity contribution >= 4 is 5.91 Å². The maximum absolute atomic E-state index is 10.6. The van der Waals surface area contributed by atoms with E-state index in [1.165, 1.54) is 0 Å². The zero-order chi connectivity index (χ0) is 12.0. The lowest BCUT2D eigenvalue weighted by atomic mass is 10.2. The van der Waals surface area contributed by atoms with Crippen LogP contribution in [0.5, 0.6) is 11.5 Å². The first-order valence-electron chi connectivity index (χ1n) is 5.03. The molecule has 0 bridgehead atoms. The van der Waals surface area contributed by atoms with Crippen LogP contribution in [0, 0.1) is 0 Å². The molecule has 1 aromatic carbocycles. The van der Waals surface area contributed by atoms with Gasteiger partial charge in [-0.3, -0.25) is 4.79 Å². The van der Waals surface area contributed by atoms with Crippen LogP contribution in [0.3, 0.4) is 0 Å². The van der Waals surface area contributed by atoms with Gasteiger partial charge in [0.2, 0.25) is 0 Å². The van der Waals surface area contributed by atoms with Crippen LogP contribution in [0.1, 0.15) is 5.56 Å². The topological polar surface area (TPSA) is 78.2 Å². The molecule has 0 atom stereocenters. The second-order valence-corrected chi connectivity index (χ2v) is 3.35. The smallest absolute Gasteiger partial charge is 0.255 e. The summed E-state index contributed by atoms with van der Waals surface area (Å²) < 4.78 is 10.4. The van der Waals surface area contributed by atoms with E-state index in [1.54, 1.807) is 13.2 Å². The molecule has 0 radical (unpaired) electrons. The van der Waals surface area contributed by atoms with E-state index in [1.807, 2.05) is 19.2 Å². The number of carbonyl (C=O) groups is 1. The standard InChI is InChI=1S/C11H16N2O3.ClH/c1-13-6-8-3-4-9(10(5-8)15-2)16-7-11(12)14;/h3-5,13H,6-7H2,1-2H3,(H2,12,14);1H. The number of carbonyl (C=O) groups excluding carboxylic acids is 1. The molecule has 0 aliphatic rings. The third-order valence-corrected chi connectivity index (χ3v) is 2.04. The number of quaternary nitrogens is 1. The molecule has 1 amide bonds. The molecule has 0 aliphatic carbocycles. The second kappa shape index (κ2) is 7.76. The predicted octanol–water partition coefficient (Wildman–Crippen LogP) is -3.74. The fourth-order valence-electron chi connectivity index (χ4n) is 1.34. The van der Waals surface area contributed by atoms with Gasteiger partial charge in [0.15, 0.2) is 18.1 Å². The Hall–Kier alpha value is -1.46. The number of benzene rings is 1. The fourth-order valence-corrected chi connectivity index (χ4v) is 1.34. The van der Waals surface area contributed by atoms with Gasteiger partial charge in [0.1, 0.15) is 6.54 Å². The summed E-state index contributed by atoms with van der Waals surface area (Å²) in [6, 6.07) is 5.59.